The Hall–Kier alpha value is -5.59. The van der Waals surface area contributed by atoms with Gasteiger partial charge in [0.25, 0.3) is 0 Å². The molecule has 0 amide bonds. The van der Waals surface area contributed by atoms with Crippen LogP contribution in [-0.2, 0) is 0 Å². The molecule has 210 valence electrons. The molecule has 0 bridgehead atoms. The second kappa shape index (κ2) is 10.9. The number of hydrogen-bond donors (Lipinski definition) is 2. The summed E-state index contributed by atoms with van der Waals surface area (Å²) >= 11 is 1.80. The maximum absolute atomic E-state index is 7.89. The summed E-state index contributed by atoms with van der Waals surface area (Å²) in [4.78, 5) is 4.75. The van der Waals surface area contributed by atoms with E-state index in [0.717, 1.165) is 34.0 Å². The lowest BCUT2D eigenvalue weighted by Crippen LogP contribution is -2.14. The van der Waals surface area contributed by atoms with Crippen LogP contribution in [0.15, 0.2) is 167 Å². The second-order valence-electron chi connectivity index (χ2n) is 10.6. The van der Waals surface area contributed by atoms with E-state index in [2.05, 4.69) is 153 Å². The van der Waals surface area contributed by atoms with Crippen molar-refractivity contribution in [1.29, 1.82) is 5.53 Å². The van der Waals surface area contributed by atoms with Gasteiger partial charge in [0.1, 0.15) is 5.70 Å². The first-order valence-corrected chi connectivity index (χ1v) is 15.3. The second-order valence-corrected chi connectivity index (χ2v) is 11.7. The summed E-state index contributed by atoms with van der Waals surface area (Å²) in [6, 6.07) is 50.6. The van der Waals surface area contributed by atoms with Crippen molar-refractivity contribution in [3.8, 4) is 5.69 Å². The van der Waals surface area contributed by atoms with Crippen LogP contribution < -0.4 is 10.2 Å². The lowest BCUT2D eigenvalue weighted by Gasteiger charge is -2.32. The van der Waals surface area contributed by atoms with Gasteiger partial charge in [0, 0.05) is 49.4 Å². The quantitative estimate of drug-likeness (QED) is 0.191. The Balaban J connectivity index is 1.06. The van der Waals surface area contributed by atoms with Crippen molar-refractivity contribution < 1.29 is 0 Å². The summed E-state index contributed by atoms with van der Waals surface area (Å²) in [7, 11) is 0. The van der Waals surface area contributed by atoms with Crippen LogP contribution >= 0.6 is 11.8 Å². The number of anilines is 4. The van der Waals surface area contributed by atoms with Gasteiger partial charge in [-0.05, 0) is 72.8 Å². The molecule has 1 aliphatic heterocycles. The first-order valence-electron chi connectivity index (χ1n) is 14.5. The number of aromatic nitrogens is 1. The molecule has 5 nitrogen and oxygen atoms in total. The molecule has 0 saturated carbocycles. The molecule has 7 aromatic rings. The van der Waals surface area contributed by atoms with Gasteiger partial charge in [0.15, 0.2) is 0 Å². The first-order chi connectivity index (χ1) is 21.8. The average Bonchev–Trinajstić information content (AvgIpc) is 3.42. The maximum Gasteiger partial charge on any atom is 0.108 e. The molecule has 1 aliphatic rings. The minimum absolute atomic E-state index is 0.554. The zero-order valence-electron chi connectivity index (χ0n) is 23.7. The van der Waals surface area contributed by atoms with Crippen molar-refractivity contribution in [2.45, 2.75) is 9.79 Å². The van der Waals surface area contributed by atoms with Gasteiger partial charge in [-0.3, -0.25) is 0 Å². The highest BCUT2D eigenvalue weighted by Crippen LogP contribution is 2.51. The van der Waals surface area contributed by atoms with Gasteiger partial charge >= 0.3 is 0 Å². The molecular weight excluding hydrogens is 559 g/mol. The average molecular weight is 586 g/mol. The minimum Gasteiger partial charge on any atom is -0.360 e. The van der Waals surface area contributed by atoms with Crippen molar-refractivity contribution in [3.63, 3.8) is 0 Å². The summed E-state index contributed by atoms with van der Waals surface area (Å²) in [5.74, 6) is 0. The third-order valence-corrected chi connectivity index (χ3v) is 9.19. The zero-order valence-corrected chi connectivity index (χ0v) is 24.5. The molecule has 0 spiro atoms. The highest BCUT2D eigenvalue weighted by Gasteiger charge is 2.24. The number of para-hydroxylation sites is 4. The Morgan fingerprint density at radius 2 is 1.11 bits per heavy atom. The monoisotopic (exact) mass is 585 g/mol. The van der Waals surface area contributed by atoms with Crippen LogP contribution in [0.3, 0.4) is 0 Å². The van der Waals surface area contributed by atoms with Gasteiger partial charge in [-0.1, -0.05) is 84.6 Å². The van der Waals surface area contributed by atoms with Crippen LogP contribution in [0.1, 0.15) is 5.56 Å². The Kier molecular flexibility index (Phi) is 6.47. The van der Waals surface area contributed by atoms with Crippen molar-refractivity contribution in [2.24, 2.45) is 5.11 Å². The maximum atomic E-state index is 7.89. The molecule has 2 N–H and O–H groups in total. The van der Waals surface area contributed by atoms with E-state index in [0.29, 0.717) is 5.70 Å². The SMILES string of the molecule is N=N/C(=C\Nc1ccc(-n2c3ccccc3c3ccccc32)cc1)c1ccc(N2c3ccccc3Sc3ccccc32)cc1. The fourth-order valence-electron chi connectivity index (χ4n) is 6.00. The lowest BCUT2D eigenvalue weighted by atomic mass is 10.1. The molecule has 8 rings (SSSR count). The number of rotatable bonds is 6. The number of nitrogens with zero attached hydrogens (tertiary/aromatic N) is 3. The standard InChI is InChI=1S/C38H27N5S/c39-41-32(26-17-21-28(22-18-26)43-35-13-5-7-15-37(35)44-38-16-8-6-14-36(38)43)25-40-27-19-23-29(24-20-27)42-33-11-3-1-9-30(33)31-10-2-4-12-34(31)42/h1-25,39-40H/b32-25-,41-39?. The van der Waals surface area contributed by atoms with Crippen LogP contribution in [0.4, 0.5) is 22.7 Å². The molecule has 2 heterocycles. The van der Waals surface area contributed by atoms with Gasteiger partial charge in [-0.2, -0.15) is 5.11 Å². The molecule has 44 heavy (non-hydrogen) atoms. The predicted octanol–water partition coefficient (Wildman–Crippen LogP) is 11.2. The number of fused-ring (bicyclic) bond motifs is 5. The van der Waals surface area contributed by atoms with Crippen LogP contribution in [-0.4, -0.2) is 4.57 Å². The van der Waals surface area contributed by atoms with Crippen LogP contribution in [0.25, 0.3) is 33.2 Å². The summed E-state index contributed by atoms with van der Waals surface area (Å²) < 4.78 is 2.30. The van der Waals surface area contributed by atoms with Gasteiger partial charge < -0.3 is 14.8 Å². The van der Waals surface area contributed by atoms with Gasteiger partial charge in [0.2, 0.25) is 0 Å². The largest absolute Gasteiger partial charge is 0.360 e. The van der Waals surface area contributed by atoms with Crippen molar-refractivity contribution in [3.05, 3.63) is 157 Å². The van der Waals surface area contributed by atoms with E-state index in [1.54, 1.807) is 18.0 Å². The van der Waals surface area contributed by atoms with Crippen molar-refractivity contribution >= 4 is 62.0 Å². The van der Waals surface area contributed by atoms with E-state index in [1.807, 2.05) is 12.1 Å². The topological polar surface area (TPSA) is 56.4 Å². The summed E-state index contributed by atoms with van der Waals surface area (Å²) in [5.41, 5.74) is 17.1. The van der Waals surface area contributed by atoms with Crippen LogP contribution in [0, 0.1) is 5.53 Å². The number of benzene rings is 6. The zero-order chi connectivity index (χ0) is 29.5. The molecule has 0 atom stereocenters. The minimum atomic E-state index is 0.554. The van der Waals surface area contributed by atoms with Crippen molar-refractivity contribution in [2.75, 3.05) is 10.2 Å². The lowest BCUT2D eigenvalue weighted by molar-refractivity contribution is 1.15. The molecule has 0 fully saturated rings. The van der Waals surface area contributed by atoms with E-state index in [1.165, 1.54) is 31.6 Å². The smallest absolute Gasteiger partial charge is 0.108 e. The Labute approximate surface area is 259 Å². The molecule has 1 aromatic heterocycles. The Morgan fingerprint density at radius 3 is 1.70 bits per heavy atom. The van der Waals surface area contributed by atoms with Crippen LogP contribution in [0.2, 0.25) is 0 Å². The van der Waals surface area contributed by atoms with Crippen molar-refractivity contribution in [1.82, 2.24) is 4.57 Å². The first kappa shape index (κ1) is 26.1. The Morgan fingerprint density at radius 1 is 0.591 bits per heavy atom. The van der Waals surface area contributed by atoms with Crippen LogP contribution in [0.5, 0.6) is 0 Å². The summed E-state index contributed by atoms with van der Waals surface area (Å²) in [6.45, 7) is 0. The molecular formula is C38H27N5S. The Bertz CT molecular complexity index is 2100. The van der Waals surface area contributed by atoms with E-state index in [-0.39, 0.29) is 0 Å². The molecule has 0 radical (unpaired) electrons. The van der Waals surface area contributed by atoms with Gasteiger partial charge in [-0.15, -0.1) is 0 Å². The molecule has 0 unspecified atom stereocenters. The van der Waals surface area contributed by atoms with Gasteiger partial charge in [-0.25, -0.2) is 5.53 Å². The molecule has 0 aliphatic carbocycles. The molecule has 6 aromatic carbocycles. The fraction of sp³-hybridized carbons (Fsp3) is 0. The van der Waals surface area contributed by atoms with E-state index in [4.69, 9.17) is 5.53 Å². The van der Waals surface area contributed by atoms with E-state index in [9.17, 15) is 0 Å². The highest BCUT2D eigenvalue weighted by atomic mass is 32.2. The fourth-order valence-corrected chi connectivity index (χ4v) is 7.06. The molecule has 6 heteroatoms. The third kappa shape index (κ3) is 4.44. The normalized spacial score (nSPS) is 12.6. The number of hydrogen-bond acceptors (Lipinski definition) is 5. The summed E-state index contributed by atoms with van der Waals surface area (Å²) in [5, 5.41) is 9.68. The van der Waals surface area contributed by atoms with Gasteiger partial charge in [0.05, 0.1) is 22.4 Å². The molecule has 0 saturated heterocycles. The highest BCUT2D eigenvalue weighted by molar-refractivity contribution is 7.99. The third-order valence-electron chi connectivity index (χ3n) is 8.06. The predicted molar refractivity (Wildman–Crippen MR) is 183 cm³/mol. The number of nitrogens with one attached hydrogen (secondary N) is 2. The van der Waals surface area contributed by atoms with E-state index < -0.39 is 0 Å². The summed E-state index contributed by atoms with van der Waals surface area (Å²) in [6.07, 6.45) is 1.79. The van der Waals surface area contributed by atoms with E-state index >= 15 is 0 Å².